The second-order valence-corrected chi connectivity index (χ2v) is 28.9. The topological polar surface area (TPSA) is 391 Å². The summed E-state index contributed by atoms with van der Waals surface area (Å²) in [5.41, 5.74) is 6.27. The Morgan fingerprint density at radius 2 is 1.26 bits per heavy atom. The van der Waals surface area contributed by atoms with Gasteiger partial charge in [0.1, 0.15) is 24.2 Å². The maximum atomic E-state index is 14.6. The first kappa shape index (κ1) is 86.5. The van der Waals surface area contributed by atoms with Crippen LogP contribution in [-0.4, -0.2) is 242 Å². The number of urea groups is 1. The number of anilines is 1. The molecule has 30 nitrogen and oxygen atoms in total. The van der Waals surface area contributed by atoms with Crippen LogP contribution < -0.4 is 42.4 Å². The Morgan fingerprint density at radius 3 is 1.82 bits per heavy atom. The van der Waals surface area contributed by atoms with Crippen LogP contribution in [0.1, 0.15) is 118 Å². The van der Waals surface area contributed by atoms with Gasteiger partial charge in [0.25, 0.3) is 17.7 Å². The number of benzene rings is 2. The minimum absolute atomic E-state index is 0.00736. The van der Waals surface area contributed by atoms with E-state index in [0.29, 0.717) is 31.4 Å². The van der Waals surface area contributed by atoms with Crippen LogP contribution in [0.3, 0.4) is 0 Å². The molecule has 1 unspecified atom stereocenters. The van der Waals surface area contributed by atoms with Gasteiger partial charge in [0.15, 0.2) is 0 Å². The number of likely N-dealkylation sites (N-methyl/N-ethyl adjacent to an activating group) is 2. The molecule has 2 aliphatic heterocycles. The molecular formula is C71H112N12O18S. The molecule has 11 atom stereocenters. The van der Waals surface area contributed by atoms with Crippen molar-refractivity contribution in [2.45, 2.75) is 174 Å². The fourth-order valence-electron chi connectivity index (χ4n) is 12.5. The summed E-state index contributed by atoms with van der Waals surface area (Å²) >= 11 is 0. The number of primary amides is 1. The maximum absolute atomic E-state index is 14.6. The van der Waals surface area contributed by atoms with Gasteiger partial charge in [-0.3, -0.25) is 62.5 Å². The third-order valence-electron chi connectivity index (χ3n) is 18.1. The molecule has 570 valence electrons. The smallest absolute Gasteiger partial charge is 0.312 e. The van der Waals surface area contributed by atoms with Crippen LogP contribution >= 0.6 is 0 Å². The number of imide groups is 1. The Labute approximate surface area is 601 Å². The Kier molecular flexibility index (Phi) is 36.7. The third-order valence-corrected chi connectivity index (χ3v) is 19.4. The number of likely N-dealkylation sites (tertiary alicyclic amines) is 1. The van der Waals surface area contributed by atoms with Crippen LogP contribution in [-0.2, 0) is 93.8 Å². The summed E-state index contributed by atoms with van der Waals surface area (Å²) in [6, 6.07) is 7.38. The number of nitrogens with two attached hydrogens (primary N) is 1. The van der Waals surface area contributed by atoms with Crippen molar-refractivity contribution >= 4 is 80.8 Å². The molecule has 0 aliphatic carbocycles. The van der Waals surface area contributed by atoms with Crippen molar-refractivity contribution in [1.82, 2.24) is 50.9 Å². The average Bonchev–Trinajstić information content (AvgIpc) is 1.73. The van der Waals surface area contributed by atoms with E-state index in [1.807, 2.05) is 60.5 Å². The van der Waals surface area contributed by atoms with E-state index in [2.05, 4.69) is 36.6 Å². The summed E-state index contributed by atoms with van der Waals surface area (Å²) in [5, 5.41) is 16.4. The van der Waals surface area contributed by atoms with Gasteiger partial charge in [-0.2, -0.15) is 0 Å². The van der Waals surface area contributed by atoms with Crippen molar-refractivity contribution in [3.63, 3.8) is 0 Å². The monoisotopic (exact) mass is 1450 g/mol. The minimum Gasteiger partial charge on any atom is -0.379 e. The van der Waals surface area contributed by atoms with Crippen LogP contribution in [0.2, 0.25) is 0 Å². The number of hydrogen-bond acceptors (Lipinski definition) is 19. The number of nitrogens with zero attached hydrogens (tertiary/aromatic N) is 4. The zero-order valence-electron chi connectivity index (χ0n) is 61.8. The normalized spacial score (nSPS) is 16.9. The molecule has 1 saturated heterocycles. The second kappa shape index (κ2) is 43.2. The molecule has 0 radical (unpaired) electrons. The summed E-state index contributed by atoms with van der Waals surface area (Å²) in [6.07, 6.45) is 2.33. The summed E-state index contributed by atoms with van der Waals surface area (Å²) in [7, 11) is 3.77. The van der Waals surface area contributed by atoms with Gasteiger partial charge in [0.05, 0.1) is 94.6 Å². The quantitative estimate of drug-likeness (QED) is 0.0348. The van der Waals surface area contributed by atoms with Crippen molar-refractivity contribution < 1.29 is 84.8 Å². The van der Waals surface area contributed by atoms with Crippen molar-refractivity contribution in [3.05, 3.63) is 77.9 Å². The van der Waals surface area contributed by atoms with E-state index in [1.165, 1.54) is 50.6 Å². The molecule has 1 fully saturated rings. The van der Waals surface area contributed by atoms with Gasteiger partial charge in [0.2, 0.25) is 51.4 Å². The molecular weight excluding hydrogens is 1340 g/mol. The van der Waals surface area contributed by atoms with Gasteiger partial charge in [-0.05, 0) is 86.7 Å². The van der Waals surface area contributed by atoms with Crippen molar-refractivity contribution in [1.29, 1.82) is 0 Å². The largest absolute Gasteiger partial charge is 0.379 e. The van der Waals surface area contributed by atoms with Gasteiger partial charge in [-0.25, -0.2) is 13.2 Å². The number of hydrogen-bond donors (Lipinski definition) is 8. The number of sulfonamides is 1. The Balaban J connectivity index is 1.39. The molecule has 2 heterocycles. The van der Waals surface area contributed by atoms with Crippen molar-refractivity contribution in [2.75, 3.05) is 100.0 Å². The van der Waals surface area contributed by atoms with Crippen LogP contribution in [0.15, 0.2) is 66.7 Å². The highest BCUT2D eigenvalue weighted by atomic mass is 32.2. The highest BCUT2D eigenvalue weighted by Crippen LogP contribution is 2.30. The van der Waals surface area contributed by atoms with Gasteiger partial charge < -0.3 is 71.1 Å². The number of rotatable bonds is 46. The fourth-order valence-corrected chi connectivity index (χ4v) is 13.7. The number of amides is 12. The minimum atomic E-state index is -4.47. The lowest BCUT2D eigenvalue weighted by Gasteiger charge is -2.41. The standard InChI is InChI=1S/C71H112N12O18S/c1-15-47(8)63(81(12)70(93)61(45(4)5)78-69(92)62(46(6)7)80(10)11)55(97-13)42-59(87)82-33-20-24-54(82)64(98-14)48(9)65(88)76-53(41-49-21-17-16-18-22-49)67(90)79-102(95,96)43-50-25-27-51(28-26-50)74-66(89)52(23-19-32-73-71(72)94)75-68(91)60(44(2)3)77-56(84)31-35-99-37-39-101-40-38-100-36-34-83-57(85)29-30-58(83)86/h16-18,21-22,25-30,44-48,52-55,60-64H,15,19-20,23-24,31-43H2,1-14H3,(H,74,89)(H,75,91)(H,76,88)(H,77,84)(H,78,92)(H,79,90)(H3,72,73,94)/t47-,48+,52?,53-,54-,55+,60-,61-,62-,63-,64+/m0/s1. The van der Waals surface area contributed by atoms with Crippen molar-refractivity contribution in [3.8, 4) is 0 Å². The van der Waals surface area contributed by atoms with Gasteiger partial charge in [-0.15, -0.1) is 0 Å². The average molecular weight is 1450 g/mol. The highest BCUT2D eigenvalue weighted by molar-refractivity contribution is 7.89. The van der Waals surface area contributed by atoms with Gasteiger partial charge in [0, 0.05) is 65.0 Å². The summed E-state index contributed by atoms with van der Waals surface area (Å²) in [5.74, 6) is -7.71. The first-order valence-corrected chi connectivity index (χ1v) is 36.7. The summed E-state index contributed by atoms with van der Waals surface area (Å²) in [4.78, 5) is 153. The van der Waals surface area contributed by atoms with Crippen LogP contribution in [0.4, 0.5) is 10.5 Å². The number of carbonyl (C=O) groups excluding carboxylic acids is 11. The predicted octanol–water partition coefficient (Wildman–Crippen LogP) is 2.38. The van der Waals surface area contributed by atoms with Crippen LogP contribution in [0, 0.1) is 29.6 Å². The molecule has 0 spiro atoms. The molecule has 2 aliphatic rings. The molecule has 9 N–H and O–H groups in total. The number of carbonyl (C=O) groups is 11. The molecule has 102 heavy (non-hydrogen) atoms. The fraction of sp³-hybridized carbons (Fsp3) is 0.648. The zero-order chi connectivity index (χ0) is 76.0. The molecule has 31 heteroatoms. The van der Waals surface area contributed by atoms with E-state index >= 15 is 0 Å². The Morgan fingerprint density at radius 1 is 0.667 bits per heavy atom. The van der Waals surface area contributed by atoms with E-state index in [-0.39, 0.29) is 132 Å². The first-order chi connectivity index (χ1) is 48.2. The molecule has 4 rings (SSSR count). The van der Waals surface area contributed by atoms with E-state index in [9.17, 15) is 61.2 Å². The lowest BCUT2D eigenvalue weighted by Crippen LogP contribution is -2.59. The van der Waals surface area contributed by atoms with Crippen LogP contribution in [0.25, 0.3) is 0 Å². The predicted molar refractivity (Wildman–Crippen MR) is 382 cm³/mol. The molecule has 12 amide bonds. The van der Waals surface area contributed by atoms with E-state index in [1.54, 1.807) is 68.0 Å². The van der Waals surface area contributed by atoms with E-state index < -0.39 is 129 Å². The first-order valence-electron chi connectivity index (χ1n) is 35.0. The lowest BCUT2D eigenvalue weighted by molar-refractivity contribution is -0.148. The van der Waals surface area contributed by atoms with E-state index in [0.717, 1.165) is 4.90 Å². The molecule has 0 bridgehead atoms. The molecule has 2 aromatic rings. The van der Waals surface area contributed by atoms with E-state index in [4.69, 9.17) is 29.4 Å². The molecule has 2 aromatic carbocycles. The third kappa shape index (κ3) is 27.7. The number of methoxy groups -OCH3 is 2. The lowest BCUT2D eigenvalue weighted by atomic mass is 9.89. The van der Waals surface area contributed by atoms with Crippen molar-refractivity contribution in [2.24, 2.45) is 35.3 Å². The SMILES string of the molecule is CC[C@H](C)[C@@H]([C@@H](CC(=O)N1CCC[C@H]1[C@H](OC)[C@@H](C)C(=O)N[C@@H](Cc1ccccc1)C(=O)NS(=O)(=O)Cc1ccc(NC(=O)C(CCCNC(N)=O)NC(=O)[C@@H](NC(=O)CCOCCOCCOCCN2C(=O)C=CC2=O)C(C)C)cc1)OC)N(C)C(=O)[C@@H](NC(=O)[C@H](C(C)C)N(C)C)C(C)C. The molecule has 0 saturated carbocycles. The maximum Gasteiger partial charge on any atom is 0.312 e. The van der Waals surface area contributed by atoms with Gasteiger partial charge in [-0.1, -0.05) is 111 Å². The Hall–Kier alpha value is -7.94. The zero-order valence-corrected chi connectivity index (χ0v) is 62.6. The molecule has 0 aromatic heterocycles. The van der Waals surface area contributed by atoms with Crippen LogP contribution in [0.5, 0.6) is 0 Å². The number of ether oxygens (including phenoxy) is 5. The summed E-state index contributed by atoms with van der Waals surface area (Å²) in [6.45, 7) is 18.1. The number of nitrogens with one attached hydrogen (secondary N) is 7. The second-order valence-electron chi connectivity index (χ2n) is 27.2. The summed E-state index contributed by atoms with van der Waals surface area (Å²) < 4.78 is 58.3. The highest BCUT2D eigenvalue weighted by Gasteiger charge is 2.44. The Bertz CT molecular complexity index is 3210. The van der Waals surface area contributed by atoms with Gasteiger partial charge >= 0.3 is 6.03 Å².